The molecule has 268 valence electrons. The smallest absolute Gasteiger partial charge is 0.315 e. The fourth-order valence-corrected chi connectivity index (χ4v) is 8.28. The van der Waals surface area contributed by atoms with Gasteiger partial charge in [-0.25, -0.2) is 9.97 Å². The number of esters is 2. The highest BCUT2D eigenvalue weighted by atomic mass is 35.5. The van der Waals surface area contributed by atoms with Crippen molar-refractivity contribution >= 4 is 69.6 Å². The van der Waals surface area contributed by atoms with Gasteiger partial charge in [-0.15, -0.1) is 22.7 Å². The van der Waals surface area contributed by atoms with Gasteiger partial charge in [0.2, 0.25) is 0 Å². The van der Waals surface area contributed by atoms with Gasteiger partial charge in [-0.3, -0.25) is 19.2 Å². The third-order valence-corrected chi connectivity index (χ3v) is 11.1. The van der Waals surface area contributed by atoms with Crippen molar-refractivity contribution < 1.29 is 23.9 Å². The zero-order chi connectivity index (χ0) is 36.5. The van der Waals surface area contributed by atoms with Crippen molar-refractivity contribution in [3.8, 4) is 21.1 Å². The van der Waals surface area contributed by atoms with E-state index in [1.165, 1.54) is 22.7 Å². The zero-order valence-corrected chi connectivity index (χ0v) is 31.2. The van der Waals surface area contributed by atoms with Crippen LogP contribution in [0, 0.1) is 5.92 Å². The summed E-state index contributed by atoms with van der Waals surface area (Å²) in [6.07, 6.45) is 4.66. The van der Waals surface area contributed by atoms with Gasteiger partial charge >= 0.3 is 11.9 Å². The quantitative estimate of drug-likeness (QED) is 0.0904. The highest BCUT2D eigenvalue weighted by Crippen LogP contribution is 2.30. The first-order chi connectivity index (χ1) is 25.2. The molecule has 3 aromatic carbocycles. The van der Waals surface area contributed by atoms with Crippen molar-refractivity contribution in [1.82, 2.24) is 20.6 Å². The molecule has 2 aromatic heterocycles. The monoisotopic (exact) mass is 774 g/mol. The molecule has 9 nitrogen and oxygen atoms in total. The van der Waals surface area contributed by atoms with E-state index >= 15 is 0 Å². The van der Waals surface area contributed by atoms with E-state index in [4.69, 9.17) is 27.9 Å². The van der Waals surface area contributed by atoms with Gasteiger partial charge in [0.25, 0.3) is 11.8 Å². The minimum absolute atomic E-state index is 0.0476. The fraction of sp³-hybridized carbons (Fsp3) is 0.282. The number of ether oxygens (including phenoxy) is 1. The van der Waals surface area contributed by atoms with Crippen LogP contribution in [-0.4, -0.2) is 45.8 Å². The van der Waals surface area contributed by atoms with Crippen molar-refractivity contribution in [2.75, 3.05) is 0 Å². The number of thiazole rings is 2. The summed E-state index contributed by atoms with van der Waals surface area (Å²) in [5.74, 6) is -2.32. The van der Waals surface area contributed by atoms with E-state index in [0.29, 0.717) is 26.5 Å². The summed E-state index contributed by atoms with van der Waals surface area (Å²) in [5, 5.41) is 11.7. The Hall–Kier alpha value is -4.42. The summed E-state index contributed by atoms with van der Waals surface area (Å²) in [4.78, 5) is 62.2. The van der Waals surface area contributed by atoms with Gasteiger partial charge in [0, 0.05) is 44.0 Å². The van der Waals surface area contributed by atoms with E-state index in [9.17, 15) is 19.2 Å². The minimum atomic E-state index is -0.775. The van der Waals surface area contributed by atoms with Crippen LogP contribution >= 0.6 is 45.9 Å². The minimum Gasteiger partial charge on any atom is -0.393 e. The van der Waals surface area contributed by atoms with Gasteiger partial charge < -0.3 is 15.4 Å². The van der Waals surface area contributed by atoms with Gasteiger partial charge in [-0.1, -0.05) is 97.1 Å². The number of halogens is 2. The molecule has 1 aliphatic rings. The molecule has 2 atom stereocenters. The molecule has 1 saturated carbocycles. The van der Waals surface area contributed by atoms with Gasteiger partial charge in [-0.2, -0.15) is 0 Å². The van der Waals surface area contributed by atoms with Crippen LogP contribution < -0.4 is 10.6 Å². The maximum atomic E-state index is 13.4. The molecular weight excluding hydrogens is 739 g/mol. The molecule has 52 heavy (non-hydrogen) atoms. The van der Waals surface area contributed by atoms with Gasteiger partial charge in [0.15, 0.2) is 0 Å². The summed E-state index contributed by atoms with van der Waals surface area (Å²) >= 11 is 14.9. The van der Waals surface area contributed by atoms with Crippen LogP contribution in [0.4, 0.5) is 0 Å². The predicted molar refractivity (Wildman–Crippen MR) is 205 cm³/mol. The summed E-state index contributed by atoms with van der Waals surface area (Å²) in [6.45, 7) is 0. The fourth-order valence-electron chi connectivity index (χ4n) is 6.30. The first-order valence-corrected chi connectivity index (χ1v) is 19.5. The largest absolute Gasteiger partial charge is 0.393 e. The SMILES string of the molecule is O=C(CC(Cc1ccccc1)NC(=O)c1csc(-c2cccc(Cl)c2)n1)OC(=O)CC(NC(=O)c1csc(-c2cccc(Cl)c2)n1)C1CCCCC1. The van der Waals surface area contributed by atoms with Crippen molar-refractivity contribution in [2.24, 2.45) is 5.92 Å². The Bertz CT molecular complexity index is 2030. The number of hydrogen-bond donors (Lipinski definition) is 2. The van der Waals surface area contributed by atoms with E-state index < -0.39 is 35.8 Å². The lowest BCUT2D eigenvalue weighted by Crippen LogP contribution is -2.43. The van der Waals surface area contributed by atoms with E-state index in [1.54, 1.807) is 35.0 Å². The highest BCUT2D eigenvalue weighted by molar-refractivity contribution is 7.13. The molecule has 0 radical (unpaired) electrons. The summed E-state index contributed by atoms with van der Waals surface area (Å²) in [5.41, 5.74) is 2.93. The summed E-state index contributed by atoms with van der Waals surface area (Å²) in [6, 6.07) is 22.7. The molecule has 6 rings (SSSR count). The Labute approximate surface area is 319 Å². The lowest BCUT2D eigenvalue weighted by molar-refractivity contribution is -0.160. The Morgan fingerprint density at radius 1 is 0.712 bits per heavy atom. The first-order valence-electron chi connectivity index (χ1n) is 17.0. The molecule has 1 aliphatic carbocycles. The Balaban J connectivity index is 1.10. The second-order valence-electron chi connectivity index (χ2n) is 12.7. The van der Waals surface area contributed by atoms with Crippen molar-refractivity contribution in [3.05, 3.63) is 117 Å². The molecule has 2 heterocycles. The molecule has 2 N–H and O–H groups in total. The number of carbonyl (C=O) groups excluding carboxylic acids is 4. The third-order valence-electron chi connectivity index (χ3n) is 8.84. The normalized spacial score (nSPS) is 14.3. The summed E-state index contributed by atoms with van der Waals surface area (Å²) in [7, 11) is 0. The van der Waals surface area contributed by atoms with E-state index in [1.807, 2.05) is 54.6 Å². The Kier molecular flexibility index (Phi) is 12.8. The number of amides is 2. The number of hydrogen-bond acceptors (Lipinski definition) is 9. The van der Waals surface area contributed by atoms with Crippen LogP contribution in [0.15, 0.2) is 89.6 Å². The first kappa shape index (κ1) is 37.3. The molecule has 5 aromatic rings. The average molecular weight is 776 g/mol. The van der Waals surface area contributed by atoms with Gasteiger partial charge in [0.1, 0.15) is 21.4 Å². The van der Waals surface area contributed by atoms with Crippen molar-refractivity contribution in [1.29, 1.82) is 0 Å². The molecule has 0 aliphatic heterocycles. The highest BCUT2D eigenvalue weighted by Gasteiger charge is 2.30. The second-order valence-corrected chi connectivity index (χ2v) is 15.3. The van der Waals surface area contributed by atoms with E-state index in [0.717, 1.165) is 48.8 Å². The summed E-state index contributed by atoms with van der Waals surface area (Å²) < 4.78 is 5.33. The number of carbonyl (C=O) groups is 4. The molecule has 2 amide bonds. The second kappa shape index (κ2) is 17.9. The molecule has 2 unspecified atom stereocenters. The maximum Gasteiger partial charge on any atom is 0.315 e. The number of benzene rings is 3. The lowest BCUT2D eigenvalue weighted by atomic mass is 9.82. The standard InChI is InChI=1S/C39H36Cl2N4O5S2/c40-28-15-7-13-26(18-28)38-44-32(22-51-38)36(48)42-30(17-24-9-3-1-4-10-24)20-34(46)50-35(47)21-31(25-11-5-2-6-12-25)43-37(49)33-23-52-39(45-33)27-14-8-16-29(41)19-27/h1,3-4,7-10,13-16,18-19,22-23,25,30-31H,2,5-6,11-12,17,20-21H2,(H,42,48)(H,43,49). The van der Waals surface area contributed by atoms with Crippen LogP contribution in [0.1, 0.15) is 71.5 Å². The van der Waals surface area contributed by atoms with Crippen LogP contribution in [-0.2, 0) is 20.7 Å². The molecule has 0 bridgehead atoms. The Morgan fingerprint density at radius 3 is 1.85 bits per heavy atom. The Morgan fingerprint density at radius 2 is 1.27 bits per heavy atom. The third kappa shape index (κ3) is 10.3. The molecule has 13 heteroatoms. The average Bonchev–Trinajstić information content (AvgIpc) is 3.84. The topological polar surface area (TPSA) is 127 Å². The lowest BCUT2D eigenvalue weighted by Gasteiger charge is -2.30. The molecule has 0 saturated heterocycles. The number of nitrogens with zero attached hydrogens (tertiary/aromatic N) is 2. The van der Waals surface area contributed by atoms with E-state index in [2.05, 4.69) is 20.6 Å². The number of nitrogens with one attached hydrogen (secondary N) is 2. The maximum absolute atomic E-state index is 13.4. The van der Waals surface area contributed by atoms with Crippen LogP contribution in [0.5, 0.6) is 0 Å². The van der Waals surface area contributed by atoms with Gasteiger partial charge in [-0.05, 0) is 55.0 Å². The molecule has 0 spiro atoms. The molecule has 1 fully saturated rings. The molecular formula is C39H36Cl2N4O5S2. The van der Waals surface area contributed by atoms with E-state index in [-0.39, 0.29) is 30.1 Å². The van der Waals surface area contributed by atoms with Crippen LogP contribution in [0.2, 0.25) is 10.0 Å². The van der Waals surface area contributed by atoms with Gasteiger partial charge in [0.05, 0.1) is 12.8 Å². The van der Waals surface area contributed by atoms with Crippen LogP contribution in [0.25, 0.3) is 21.1 Å². The number of aromatic nitrogens is 2. The van der Waals surface area contributed by atoms with Crippen molar-refractivity contribution in [3.63, 3.8) is 0 Å². The van der Waals surface area contributed by atoms with Crippen molar-refractivity contribution in [2.45, 2.75) is 63.5 Å². The van der Waals surface area contributed by atoms with Crippen LogP contribution in [0.3, 0.4) is 0 Å². The zero-order valence-electron chi connectivity index (χ0n) is 28.1. The number of rotatable bonds is 13. The predicted octanol–water partition coefficient (Wildman–Crippen LogP) is 8.81.